The molecular formula is C9H13F2N3O. The van der Waals surface area contributed by atoms with E-state index in [1.54, 1.807) is 13.8 Å². The number of carbonyl (C=O) groups excluding carboxylic acids is 1. The van der Waals surface area contributed by atoms with Gasteiger partial charge in [0.2, 0.25) is 0 Å². The lowest BCUT2D eigenvalue weighted by Crippen LogP contribution is -2.31. The zero-order valence-electron chi connectivity index (χ0n) is 8.84. The molecule has 0 fully saturated rings. The zero-order chi connectivity index (χ0) is 11.6. The Morgan fingerprint density at radius 2 is 2.13 bits per heavy atom. The number of amides is 1. The van der Waals surface area contributed by atoms with Crippen LogP contribution in [-0.4, -0.2) is 41.0 Å². The van der Waals surface area contributed by atoms with Gasteiger partial charge in [-0.15, -0.1) is 0 Å². The molecule has 0 aromatic carbocycles. The predicted octanol–water partition coefficient (Wildman–Crippen LogP) is 1.36. The number of rotatable bonds is 3. The summed E-state index contributed by atoms with van der Waals surface area (Å²) in [6.45, 7) is 2.78. The highest BCUT2D eigenvalue weighted by atomic mass is 19.3. The average Bonchev–Trinajstić information content (AvgIpc) is 2.44. The Bertz CT molecular complexity index is 343. The Balaban J connectivity index is 2.85. The molecule has 1 aromatic heterocycles. The van der Waals surface area contributed by atoms with E-state index in [0.717, 1.165) is 4.90 Å². The Morgan fingerprint density at radius 3 is 2.53 bits per heavy atom. The van der Waals surface area contributed by atoms with E-state index in [1.165, 1.54) is 7.05 Å². The van der Waals surface area contributed by atoms with E-state index in [4.69, 9.17) is 0 Å². The summed E-state index contributed by atoms with van der Waals surface area (Å²) in [7, 11) is 1.35. The maximum atomic E-state index is 12.1. The molecule has 1 N–H and O–H groups in total. The molecule has 0 saturated heterocycles. The highest BCUT2D eigenvalue weighted by molar-refractivity contribution is 5.96. The number of aromatic amines is 1. The summed E-state index contributed by atoms with van der Waals surface area (Å²) in [5, 5.41) is 6.48. The van der Waals surface area contributed by atoms with E-state index in [2.05, 4.69) is 10.2 Å². The van der Waals surface area contributed by atoms with Crippen molar-refractivity contribution < 1.29 is 13.6 Å². The Labute approximate surface area is 86.3 Å². The van der Waals surface area contributed by atoms with E-state index in [0.29, 0.717) is 17.0 Å². The minimum atomic E-state index is -2.52. The highest BCUT2D eigenvalue weighted by Crippen LogP contribution is 2.12. The van der Waals surface area contributed by atoms with Crippen molar-refractivity contribution in [3.05, 3.63) is 17.0 Å². The lowest BCUT2D eigenvalue weighted by Gasteiger charge is -2.16. The highest BCUT2D eigenvalue weighted by Gasteiger charge is 2.21. The van der Waals surface area contributed by atoms with Crippen molar-refractivity contribution in [2.45, 2.75) is 20.3 Å². The van der Waals surface area contributed by atoms with Gasteiger partial charge in [0.1, 0.15) is 0 Å². The predicted molar refractivity (Wildman–Crippen MR) is 51.0 cm³/mol. The van der Waals surface area contributed by atoms with Crippen molar-refractivity contribution in [2.24, 2.45) is 0 Å². The molecule has 1 rings (SSSR count). The Hall–Kier alpha value is -1.46. The van der Waals surface area contributed by atoms with Crippen LogP contribution in [-0.2, 0) is 0 Å². The van der Waals surface area contributed by atoms with Crippen molar-refractivity contribution in [1.82, 2.24) is 15.1 Å². The van der Waals surface area contributed by atoms with Crippen LogP contribution < -0.4 is 0 Å². The molecule has 84 valence electrons. The summed E-state index contributed by atoms with van der Waals surface area (Å²) in [6, 6.07) is 0. The summed E-state index contributed by atoms with van der Waals surface area (Å²) >= 11 is 0. The van der Waals surface area contributed by atoms with Crippen molar-refractivity contribution in [1.29, 1.82) is 0 Å². The SMILES string of the molecule is Cc1n[nH]c(C)c1C(=O)N(C)CC(F)F. The fraction of sp³-hybridized carbons (Fsp3) is 0.556. The molecule has 0 radical (unpaired) electrons. The Morgan fingerprint density at radius 1 is 1.53 bits per heavy atom. The van der Waals surface area contributed by atoms with Gasteiger partial charge in [0, 0.05) is 12.7 Å². The van der Waals surface area contributed by atoms with Crippen LogP contribution in [0, 0.1) is 13.8 Å². The fourth-order valence-electron chi connectivity index (χ4n) is 1.35. The second-order valence-electron chi connectivity index (χ2n) is 3.39. The van der Waals surface area contributed by atoms with Crippen molar-refractivity contribution in [2.75, 3.05) is 13.6 Å². The normalized spacial score (nSPS) is 10.8. The van der Waals surface area contributed by atoms with Crippen LogP contribution in [0.2, 0.25) is 0 Å². The molecule has 1 amide bonds. The van der Waals surface area contributed by atoms with Gasteiger partial charge in [-0.25, -0.2) is 8.78 Å². The fourth-order valence-corrected chi connectivity index (χ4v) is 1.35. The van der Waals surface area contributed by atoms with Crippen molar-refractivity contribution in [3.63, 3.8) is 0 Å². The van der Waals surface area contributed by atoms with Crippen LogP contribution in [0.15, 0.2) is 0 Å². The largest absolute Gasteiger partial charge is 0.336 e. The first-order valence-electron chi connectivity index (χ1n) is 4.48. The molecule has 0 aliphatic rings. The van der Waals surface area contributed by atoms with Gasteiger partial charge in [0.15, 0.2) is 0 Å². The van der Waals surface area contributed by atoms with E-state index in [-0.39, 0.29) is 0 Å². The summed E-state index contributed by atoms with van der Waals surface area (Å²) in [5.41, 5.74) is 1.50. The van der Waals surface area contributed by atoms with Crippen LogP contribution in [0.5, 0.6) is 0 Å². The van der Waals surface area contributed by atoms with Crippen LogP contribution in [0.1, 0.15) is 21.7 Å². The second kappa shape index (κ2) is 4.37. The number of aromatic nitrogens is 2. The van der Waals surface area contributed by atoms with Gasteiger partial charge >= 0.3 is 0 Å². The van der Waals surface area contributed by atoms with Crippen LogP contribution in [0.3, 0.4) is 0 Å². The lowest BCUT2D eigenvalue weighted by molar-refractivity contribution is 0.0619. The molecule has 0 spiro atoms. The number of H-pyrrole nitrogens is 1. The summed E-state index contributed by atoms with van der Waals surface area (Å²) in [5.74, 6) is -0.431. The first-order valence-corrected chi connectivity index (χ1v) is 4.48. The number of hydrogen-bond acceptors (Lipinski definition) is 2. The Kier molecular flexibility index (Phi) is 3.39. The first kappa shape index (κ1) is 11.6. The molecule has 0 atom stereocenters. The van der Waals surface area contributed by atoms with E-state index in [9.17, 15) is 13.6 Å². The van der Waals surface area contributed by atoms with Gasteiger partial charge in [0.25, 0.3) is 12.3 Å². The quantitative estimate of drug-likeness (QED) is 0.831. The molecule has 0 saturated carbocycles. The standard InChI is InChI=1S/C9H13F2N3O/c1-5-8(6(2)13-12-5)9(15)14(3)4-7(10)11/h7H,4H2,1-3H3,(H,12,13). The van der Waals surface area contributed by atoms with E-state index < -0.39 is 18.9 Å². The zero-order valence-corrected chi connectivity index (χ0v) is 8.84. The molecule has 0 aliphatic carbocycles. The van der Waals surface area contributed by atoms with Gasteiger partial charge in [-0.05, 0) is 13.8 Å². The molecular weight excluding hydrogens is 204 g/mol. The van der Waals surface area contributed by atoms with Gasteiger partial charge in [-0.1, -0.05) is 0 Å². The summed E-state index contributed by atoms with van der Waals surface area (Å²) < 4.78 is 24.1. The lowest BCUT2D eigenvalue weighted by atomic mass is 10.2. The molecule has 1 heterocycles. The van der Waals surface area contributed by atoms with Crippen molar-refractivity contribution in [3.8, 4) is 0 Å². The van der Waals surface area contributed by atoms with Gasteiger partial charge in [-0.2, -0.15) is 5.10 Å². The van der Waals surface area contributed by atoms with Crippen molar-refractivity contribution >= 4 is 5.91 Å². The molecule has 1 aromatic rings. The van der Waals surface area contributed by atoms with E-state index >= 15 is 0 Å². The maximum Gasteiger partial charge on any atom is 0.257 e. The topological polar surface area (TPSA) is 49.0 Å². The number of halogens is 2. The van der Waals surface area contributed by atoms with E-state index in [1.807, 2.05) is 0 Å². The monoisotopic (exact) mass is 217 g/mol. The second-order valence-corrected chi connectivity index (χ2v) is 3.39. The molecule has 4 nitrogen and oxygen atoms in total. The molecule has 0 aliphatic heterocycles. The molecule has 0 unspecified atom stereocenters. The summed E-state index contributed by atoms with van der Waals surface area (Å²) in [6.07, 6.45) is -2.52. The maximum absolute atomic E-state index is 12.1. The number of hydrogen-bond donors (Lipinski definition) is 1. The average molecular weight is 217 g/mol. The number of aryl methyl sites for hydroxylation is 2. The van der Waals surface area contributed by atoms with Crippen LogP contribution >= 0.6 is 0 Å². The number of carbonyl (C=O) groups is 1. The number of alkyl halides is 2. The van der Waals surface area contributed by atoms with Gasteiger partial charge in [-0.3, -0.25) is 9.89 Å². The van der Waals surface area contributed by atoms with Gasteiger partial charge < -0.3 is 4.90 Å². The summed E-state index contributed by atoms with van der Waals surface area (Å²) in [4.78, 5) is 12.7. The third-order valence-corrected chi connectivity index (χ3v) is 2.10. The van der Waals surface area contributed by atoms with Crippen LogP contribution in [0.4, 0.5) is 8.78 Å². The molecule has 15 heavy (non-hydrogen) atoms. The third-order valence-electron chi connectivity index (χ3n) is 2.10. The number of nitrogens with one attached hydrogen (secondary N) is 1. The first-order chi connectivity index (χ1) is 6.93. The molecule has 0 bridgehead atoms. The smallest absolute Gasteiger partial charge is 0.257 e. The minimum absolute atomic E-state index is 0.373. The molecule has 6 heteroatoms. The minimum Gasteiger partial charge on any atom is -0.336 e. The van der Waals surface area contributed by atoms with Gasteiger partial charge in [0.05, 0.1) is 17.8 Å². The van der Waals surface area contributed by atoms with Crippen LogP contribution in [0.25, 0.3) is 0 Å². The number of nitrogens with zero attached hydrogens (tertiary/aromatic N) is 2. The third kappa shape index (κ3) is 2.51.